The van der Waals surface area contributed by atoms with Gasteiger partial charge in [-0.25, -0.2) is 8.78 Å². The zero-order chi connectivity index (χ0) is 10.3. The summed E-state index contributed by atoms with van der Waals surface area (Å²) in [5.41, 5.74) is 0. The lowest BCUT2D eigenvalue weighted by Gasteiger charge is -2.05. The molecule has 0 radical (unpaired) electrons. The van der Waals surface area contributed by atoms with E-state index in [9.17, 15) is 13.2 Å². The Morgan fingerprint density at radius 2 is 2.00 bits per heavy atom. The predicted octanol–water partition coefficient (Wildman–Crippen LogP) is 2.32. The standard InChI is InChI=1S/C9H9F3N2/c1-4-2-7(4)13-9-6(11)3-5(10)8(12)14-9/h3-4,7H,2H2,1H3,(H,13,14). The highest BCUT2D eigenvalue weighted by Crippen LogP contribution is 2.32. The monoisotopic (exact) mass is 202 g/mol. The zero-order valence-electron chi connectivity index (χ0n) is 7.52. The molecule has 2 nitrogen and oxygen atoms in total. The van der Waals surface area contributed by atoms with Crippen LogP contribution in [0.2, 0.25) is 0 Å². The van der Waals surface area contributed by atoms with Crippen LogP contribution in [0, 0.1) is 23.5 Å². The maximum Gasteiger partial charge on any atom is 0.251 e. The van der Waals surface area contributed by atoms with Gasteiger partial charge in [0, 0.05) is 12.1 Å². The molecule has 0 aliphatic heterocycles. The third-order valence-corrected chi connectivity index (χ3v) is 2.32. The minimum Gasteiger partial charge on any atom is -0.365 e. The summed E-state index contributed by atoms with van der Waals surface area (Å²) in [6.45, 7) is 1.98. The van der Waals surface area contributed by atoms with Crippen molar-refractivity contribution in [3.63, 3.8) is 0 Å². The molecule has 0 bridgehead atoms. The van der Waals surface area contributed by atoms with E-state index in [0.29, 0.717) is 12.0 Å². The summed E-state index contributed by atoms with van der Waals surface area (Å²) in [5, 5.41) is 2.71. The number of halogens is 3. The van der Waals surface area contributed by atoms with Gasteiger partial charge in [0.15, 0.2) is 17.5 Å². The van der Waals surface area contributed by atoms with Gasteiger partial charge in [-0.05, 0) is 12.3 Å². The Kier molecular flexibility index (Phi) is 2.09. The van der Waals surface area contributed by atoms with Crippen LogP contribution in [-0.4, -0.2) is 11.0 Å². The van der Waals surface area contributed by atoms with E-state index in [1.807, 2.05) is 6.92 Å². The molecular formula is C9H9F3N2. The molecular weight excluding hydrogens is 193 g/mol. The van der Waals surface area contributed by atoms with Crippen molar-refractivity contribution in [3.05, 3.63) is 23.6 Å². The molecule has 1 N–H and O–H groups in total. The molecule has 1 aromatic heterocycles. The average molecular weight is 202 g/mol. The molecule has 1 aromatic rings. The van der Waals surface area contributed by atoms with Crippen LogP contribution < -0.4 is 5.32 Å². The predicted molar refractivity (Wildman–Crippen MR) is 45.3 cm³/mol. The topological polar surface area (TPSA) is 24.9 Å². The molecule has 5 heteroatoms. The number of hydrogen-bond acceptors (Lipinski definition) is 2. The number of nitrogens with zero attached hydrogens (tertiary/aromatic N) is 1. The SMILES string of the molecule is CC1CC1Nc1nc(F)c(F)cc1F. The van der Waals surface area contributed by atoms with E-state index in [1.54, 1.807) is 0 Å². The summed E-state index contributed by atoms with van der Waals surface area (Å²) < 4.78 is 38.1. The van der Waals surface area contributed by atoms with Crippen molar-refractivity contribution in [2.24, 2.45) is 5.92 Å². The normalized spacial score (nSPS) is 24.9. The molecule has 0 spiro atoms. The summed E-state index contributed by atoms with van der Waals surface area (Å²) in [4.78, 5) is 3.16. The Morgan fingerprint density at radius 3 is 2.57 bits per heavy atom. The Balaban J connectivity index is 2.20. The van der Waals surface area contributed by atoms with Gasteiger partial charge < -0.3 is 5.32 Å². The average Bonchev–Trinajstić information content (AvgIpc) is 2.78. The van der Waals surface area contributed by atoms with E-state index >= 15 is 0 Å². The molecule has 0 saturated heterocycles. The van der Waals surface area contributed by atoms with Gasteiger partial charge in [0.1, 0.15) is 0 Å². The maximum absolute atomic E-state index is 13.0. The van der Waals surface area contributed by atoms with Crippen molar-refractivity contribution in [2.45, 2.75) is 19.4 Å². The minimum atomic E-state index is -1.28. The fourth-order valence-corrected chi connectivity index (χ4v) is 1.24. The first-order chi connectivity index (χ1) is 6.58. The van der Waals surface area contributed by atoms with Crippen molar-refractivity contribution in [1.29, 1.82) is 0 Å². The number of pyridine rings is 1. The molecule has 0 amide bonds. The van der Waals surface area contributed by atoms with Crippen molar-refractivity contribution in [3.8, 4) is 0 Å². The van der Waals surface area contributed by atoms with E-state index in [1.165, 1.54) is 0 Å². The number of anilines is 1. The van der Waals surface area contributed by atoms with E-state index in [0.717, 1.165) is 6.42 Å². The van der Waals surface area contributed by atoms with Crippen molar-refractivity contribution >= 4 is 5.82 Å². The number of aromatic nitrogens is 1. The Labute approximate surface area is 79.2 Å². The van der Waals surface area contributed by atoms with Crippen LogP contribution in [0.1, 0.15) is 13.3 Å². The first-order valence-corrected chi connectivity index (χ1v) is 4.36. The summed E-state index contributed by atoms with van der Waals surface area (Å²) in [5.74, 6) is -3.18. The number of hydrogen-bond donors (Lipinski definition) is 1. The lowest BCUT2D eigenvalue weighted by atomic mass is 10.4. The Bertz CT molecular complexity index is 367. The molecule has 2 atom stereocenters. The van der Waals surface area contributed by atoms with Gasteiger partial charge in [0.2, 0.25) is 0 Å². The second-order valence-electron chi connectivity index (χ2n) is 3.56. The van der Waals surface area contributed by atoms with E-state index in [2.05, 4.69) is 10.3 Å². The van der Waals surface area contributed by atoms with Crippen LogP contribution in [0.5, 0.6) is 0 Å². The summed E-state index contributed by atoms with van der Waals surface area (Å²) >= 11 is 0. The summed E-state index contributed by atoms with van der Waals surface area (Å²) in [6.07, 6.45) is 0.903. The van der Waals surface area contributed by atoms with E-state index in [-0.39, 0.29) is 11.9 Å². The van der Waals surface area contributed by atoms with Crippen LogP contribution in [0.15, 0.2) is 6.07 Å². The second kappa shape index (κ2) is 3.15. The van der Waals surface area contributed by atoms with Gasteiger partial charge >= 0.3 is 0 Å². The lowest BCUT2D eigenvalue weighted by Crippen LogP contribution is -2.09. The van der Waals surface area contributed by atoms with Gasteiger partial charge in [-0.1, -0.05) is 6.92 Å². The number of rotatable bonds is 2. The van der Waals surface area contributed by atoms with Gasteiger partial charge in [-0.15, -0.1) is 0 Å². The minimum absolute atomic E-state index is 0.127. The lowest BCUT2D eigenvalue weighted by molar-refractivity contribution is 0.466. The molecule has 1 aliphatic carbocycles. The van der Waals surface area contributed by atoms with Gasteiger partial charge in [0.05, 0.1) is 0 Å². The van der Waals surface area contributed by atoms with Crippen molar-refractivity contribution in [1.82, 2.24) is 4.98 Å². The van der Waals surface area contributed by atoms with Gasteiger partial charge in [-0.2, -0.15) is 9.37 Å². The van der Waals surface area contributed by atoms with E-state index < -0.39 is 17.6 Å². The quantitative estimate of drug-likeness (QED) is 0.744. The highest BCUT2D eigenvalue weighted by molar-refractivity contribution is 5.39. The third kappa shape index (κ3) is 1.66. The molecule has 76 valence electrons. The van der Waals surface area contributed by atoms with Gasteiger partial charge in [0.25, 0.3) is 5.95 Å². The van der Waals surface area contributed by atoms with Crippen LogP contribution in [0.3, 0.4) is 0 Å². The van der Waals surface area contributed by atoms with Gasteiger partial charge in [-0.3, -0.25) is 0 Å². The molecule has 1 fully saturated rings. The molecule has 1 saturated carbocycles. The molecule has 14 heavy (non-hydrogen) atoms. The van der Waals surface area contributed by atoms with Crippen molar-refractivity contribution in [2.75, 3.05) is 5.32 Å². The van der Waals surface area contributed by atoms with Crippen LogP contribution in [0.4, 0.5) is 19.0 Å². The first-order valence-electron chi connectivity index (χ1n) is 4.36. The Morgan fingerprint density at radius 1 is 1.36 bits per heavy atom. The van der Waals surface area contributed by atoms with Crippen LogP contribution in [-0.2, 0) is 0 Å². The molecule has 2 unspecified atom stereocenters. The first kappa shape index (κ1) is 9.30. The highest BCUT2D eigenvalue weighted by Gasteiger charge is 2.33. The zero-order valence-corrected chi connectivity index (χ0v) is 7.52. The molecule has 2 rings (SSSR count). The van der Waals surface area contributed by atoms with E-state index in [4.69, 9.17) is 0 Å². The van der Waals surface area contributed by atoms with Crippen LogP contribution >= 0.6 is 0 Å². The number of nitrogens with one attached hydrogen (secondary N) is 1. The summed E-state index contributed by atoms with van der Waals surface area (Å²) in [7, 11) is 0. The molecule has 0 aromatic carbocycles. The third-order valence-electron chi connectivity index (χ3n) is 2.32. The van der Waals surface area contributed by atoms with Crippen molar-refractivity contribution < 1.29 is 13.2 Å². The summed E-state index contributed by atoms with van der Waals surface area (Å²) in [6, 6.07) is 0.624. The maximum atomic E-state index is 13.0. The molecule has 1 aliphatic rings. The van der Waals surface area contributed by atoms with Crippen LogP contribution in [0.25, 0.3) is 0 Å². The fraction of sp³-hybridized carbons (Fsp3) is 0.444. The molecule has 1 heterocycles. The second-order valence-corrected chi connectivity index (χ2v) is 3.56. The fourth-order valence-electron chi connectivity index (χ4n) is 1.24. The largest absolute Gasteiger partial charge is 0.365 e. The smallest absolute Gasteiger partial charge is 0.251 e. The Hall–Kier alpha value is -1.26. The highest BCUT2D eigenvalue weighted by atomic mass is 19.2.